The minimum absolute atomic E-state index is 0.0147. The van der Waals surface area contributed by atoms with Crippen LogP contribution in [-0.2, 0) is 0 Å². The molecule has 0 aromatic heterocycles. The molecule has 17 heavy (non-hydrogen) atoms. The van der Waals surface area contributed by atoms with E-state index in [0.29, 0.717) is 17.1 Å². The highest BCUT2D eigenvalue weighted by Crippen LogP contribution is 2.25. The van der Waals surface area contributed by atoms with Gasteiger partial charge < -0.3 is 10.6 Å². The minimum atomic E-state index is -0.0147. The van der Waals surface area contributed by atoms with Crippen LogP contribution in [0.15, 0.2) is 18.2 Å². The van der Waals surface area contributed by atoms with Crippen LogP contribution in [0, 0.1) is 6.92 Å². The summed E-state index contributed by atoms with van der Waals surface area (Å²) in [4.78, 5) is 14.2. The fraction of sp³-hybridized carbons (Fsp3) is 0.462. The number of benzene rings is 1. The van der Waals surface area contributed by atoms with E-state index >= 15 is 0 Å². The van der Waals surface area contributed by atoms with Crippen molar-refractivity contribution in [2.24, 2.45) is 5.73 Å². The molecular formula is C13H17ClN2O. The van der Waals surface area contributed by atoms with Crippen molar-refractivity contribution in [1.29, 1.82) is 0 Å². The Morgan fingerprint density at radius 1 is 1.53 bits per heavy atom. The molecule has 1 amide bonds. The number of nitrogens with two attached hydrogens (primary N) is 1. The number of rotatable bonds is 1. The molecular weight excluding hydrogens is 236 g/mol. The van der Waals surface area contributed by atoms with Crippen LogP contribution in [-0.4, -0.2) is 29.4 Å². The van der Waals surface area contributed by atoms with Gasteiger partial charge in [0.2, 0.25) is 0 Å². The number of likely N-dealkylation sites (tertiary alicyclic amines) is 1. The van der Waals surface area contributed by atoms with E-state index in [0.717, 1.165) is 12.0 Å². The summed E-state index contributed by atoms with van der Waals surface area (Å²) in [5, 5.41) is 0.546. The maximum atomic E-state index is 12.4. The molecule has 2 unspecified atom stereocenters. The van der Waals surface area contributed by atoms with Gasteiger partial charge in [-0.25, -0.2) is 0 Å². The van der Waals surface area contributed by atoms with E-state index in [9.17, 15) is 4.79 Å². The summed E-state index contributed by atoms with van der Waals surface area (Å²) < 4.78 is 0. The number of nitrogens with zero attached hydrogens (tertiary/aromatic N) is 1. The van der Waals surface area contributed by atoms with Gasteiger partial charge in [-0.15, -0.1) is 0 Å². The fourth-order valence-electron chi connectivity index (χ4n) is 2.22. The summed E-state index contributed by atoms with van der Waals surface area (Å²) in [5.74, 6) is -0.0147. The Kier molecular flexibility index (Phi) is 3.40. The third kappa shape index (κ3) is 2.17. The summed E-state index contributed by atoms with van der Waals surface area (Å²) in [6, 6.07) is 5.68. The van der Waals surface area contributed by atoms with Crippen molar-refractivity contribution < 1.29 is 4.79 Å². The number of carbonyl (C=O) groups is 1. The SMILES string of the molecule is Cc1cccc(C(=O)N2CCC(N)C2C)c1Cl. The van der Waals surface area contributed by atoms with Crippen LogP contribution in [0.25, 0.3) is 0 Å². The smallest absolute Gasteiger partial charge is 0.255 e. The Labute approximate surface area is 107 Å². The summed E-state index contributed by atoms with van der Waals surface area (Å²) in [5.41, 5.74) is 7.43. The molecule has 2 N–H and O–H groups in total. The van der Waals surface area contributed by atoms with Gasteiger partial charge in [0.15, 0.2) is 0 Å². The van der Waals surface area contributed by atoms with Crippen molar-refractivity contribution in [3.05, 3.63) is 34.3 Å². The van der Waals surface area contributed by atoms with Crippen LogP contribution in [0.2, 0.25) is 5.02 Å². The van der Waals surface area contributed by atoms with Gasteiger partial charge in [0.1, 0.15) is 0 Å². The van der Waals surface area contributed by atoms with E-state index in [1.54, 1.807) is 6.07 Å². The molecule has 1 heterocycles. The normalized spacial score (nSPS) is 24.1. The lowest BCUT2D eigenvalue weighted by Crippen LogP contribution is -2.40. The second-order valence-corrected chi connectivity index (χ2v) is 5.01. The lowest BCUT2D eigenvalue weighted by Gasteiger charge is -2.24. The number of aryl methyl sites for hydroxylation is 1. The van der Waals surface area contributed by atoms with E-state index in [4.69, 9.17) is 17.3 Å². The van der Waals surface area contributed by atoms with Crippen molar-refractivity contribution in [1.82, 2.24) is 4.90 Å². The van der Waals surface area contributed by atoms with Gasteiger partial charge in [0, 0.05) is 18.6 Å². The van der Waals surface area contributed by atoms with Crippen molar-refractivity contribution in [2.45, 2.75) is 32.4 Å². The summed E-state index contributed by atoms with van der Waals surface area (Å²) in [6.07, 6.45) is 0.857. The van der Waals surface area contributed by atoms with Gasteiger partial charge in [-0.05, 0) is 31.9 Å². The predicted molar refractivity (Wildman–Crippen MR) is 69.3 cm³/mol. The molecule has 0 radical (unpaired) electrons. The summed E-state index contributed by atoms with van der Waals surface area (Å²) in [7, 11) is 0. The monoisotopic (exact) mass is 252 g/mol. The van der Waals surface area contributed by atoms with E-state index in [2.05, 4.69) is 0 Å². The number of carbonyl (C=O) groups excluding carboxylic acids is 1. The van der Waals surface area contributed by atoms with Crippen molar-refractivity contribution >= 4 is 17.5 Å². The molecule has 4 heteroatoms. The molecule has 1 saturated heterocycles. The number of hydrogen-bond acceptors (Lipinski definition) is 2. The summed E-state index contributed by atoms with van der Waals surface area (Å²) >= 11 is 6.17. The molecule has 1 aromatic rings. The summed E-state index contributed by atoms with van der Waals surface area (Å²) in [6.45, 7) is 4.60. The second kappa shape index (κ2) is 4.67. The van der Waals surface area contributed by atoms with Crippen LogP contribution in [0.1, 0.15) is 29.3 Å². The molecule has 1 aliphatic rings. The zero-order valence-electron chi connectivity index (χ0n) is 10.1. The molecule has 1 aromatic carbocycles. The van der Waals surface area contributed by atoms with Gasteiger partial charge in [-0.1, -0.05) is 23.7 Å². The average Bonchev–Trinajstić information content (AvgIpc) is 2.63. The first kappa shape index (κ1) is 12.4. The maximum absolute atomic E-state index is 12.4. The highest BCUT2D eigenvalue weighted by Gasteiger charge is 2.32. The lowest BCUT2D eigenvalue weighted by atomic mass is 10.1. The Bertz CT molecular complexity index is 447. The molecule has 2 atom stereocenters. The molecule has 0 spiro atoms. The van der Waals surface area contributed by atoms with Crippen LogP contribution < -0.4 is 5.73 Å². The van der Waals surface area contributed by atoms with Crippen LogP contribution >= 0.6 is 11.6 Å². The van der Waals surface area contributed by atoms with Crippen molar-refractivity contribution in [3.8, 4) is 0 Å². The topological polar surface area (TPSA) is 46.3 Å². The zero-order chi connectivity index (χ0) is 12.6. The molecule has 1 fully saturated rings. The average molecular weight is 253 g/mol. The van der Waals surface area contributed by atoms with E-state index in [1.807, 2.05) is 30.9 Å². The Morgan fingerprint density at radius 3 is 2.82 bits per heavy atom. The van der Waals surface area contributed by atoms with Crippen molar-refractivity contribution in [2.75, 3.05) is 6.54 Å². The fourth-order valence-corrected chi connectivity index (χ4v) is 2.42. The first-order valence-corrected chi connectivity index (χ1v) is 6.22. The Hall–Kier alpha value is -1.06. The predicted octanol–water partition coefficient (Wildman–Crippen LogP) is 2.21. The van der Waals surface area contributed by atoms with E-state index in [1.165, 1.54) is 0 Å². The molecule has 0 aliphatic carbocycles. The van der Waals surface area contributed by atoms with Gasteiger partial charge in [0.25, 0.3) is 5.91 Å². The largest absolute Gasteiger partial charge is 0.334 e. The third-order valence-electron chi connectivity index (χ3n) is 3.50. The van der Waals surface area contributed by atoms with Gasteiger partial charge in [0.05, 0.1) is 10.6 Å². The van der Waals surface area contributed by atoms with E-state index in [-0.39, 0.29) is 18.0 Å². The number of amides is 1. The van der Waals surface area contributed by atoms with Crippen molar-refractivity contribution in [3.63, 3.8) is 0 Å². The van der Waals surface area contributed by atoms with Crippen LogP contribution in [0.5, 0.6) is 0 Å². The molecule has 2 rings (SSSR count). The Morgan fingerprint density at radius 2 is 2.24 bits per heavy atom. The minimum Gasteiger partial charge on any atom is -0.334 e. The second-order valence-electron chi connectivity index (χ2n) is 4.63. The lowest BCUT2D eigenvalue weighted by molar-refractivity contribution is 0.0742. The highest BCUT2D eigenvalue weighted by molar-refractivity contribution is 6.34. The van der Waals surface area contributed by atoms with Crippen LogP contribution in [0.3, 0.4) is 0 Å². The van der Waals surface area contributed by atoms with Crippen LogP contribution in [0.4, 0.5) is 0 Å². The zero-order valence-corrected chi connectivity index (χ0v) is 10.9. The van der Waals surface area contributed by atoms with Gasteiger partial charge in [-0.2, -0.15) is 0 Å². The molecule has 1 aliphatic heterocycles. The number of halogens is 1. The molecule has 0 saturated carbocycles. The first-order chi connectivity index (χ1) is 8.02. The standard InChI is InChI=1S/C13H17ClN2O/c1-8-4-3-5-10(12(8)14)13(17)16-7-6-11(15)9(16)2/h3-5,9,11H,6-7,15H2,1-2H3. The molecule has 0 bridgehead atoms. The number of hydrogen-bond donors (Lipinski definition) is 1. The quantitative estimate of drug-likeness (QED) is 0.833. The molecule has 3 nitrogen and oxygen atoms in total. The third-order valence-corrected chi connectivity index (χ3v) is 4.00. The highest BCUT2D eigenvalue weighted by atomic mass is 35.5. The Balaban J connectivity index is 2.29. The van der Waals surface area contributed by atoms with Gasteiger partial charge >= 0.3 is 0 Å². The maximum Gasteiger partial charge on any atom is 0.255 e. The molecule has 92 valence electrons. The van der Waals surface area contributed by atoms with E-state index < -0.39 is 0 Å². The van der Waals surface area contributed by atoms with Gasteiger partial charge in [-0.3, -0.25) is 4.79 Å². The first-order valence-electron chi connectivity index (χ1n) is 5.84.